The molecule has 1 saturated heterocycles. The molecule has 1 spiro atoms. The molecule has 2 amide bonds. The van der Waals surface area contributed by atoms with Crippen LogP contribution in [0.25, 0.3) is 0 Å². The number of nitrogens with zero attached hydrogens (tertiary/aromatic N) is 2. The van der Waals surface area contributed by atoms with Gasteiger partial charge in [0.05, 0.1) is 25.6 Å². The normalized spacial score (nSPS) is 19.9. The van der Waals surface area contributed by atoms with Crippen LogP contribution in [0.2, 0.25) is 5.02 Å². The predicted octanol–water partition coefficient (Wildman–Crippen LogP) is 4.53. The number of hydrogen-bond acceptors (Lipinski definition) is 5. The number of fused-ring (bicyclic) bond motifs is 2. The number of methoxy groups -OCH3 is 1. The van der Waals surface area contributed by atoms with Gasteiger partial charge in [0.1, 0.15) is 5.75 Å². The number of carbonyl (C=O) groups is 2. The fourth-order valence-electron chi connectivity index (χ4n) is 4.23. The second-order valence-corrected chi connectivity index (χ2v) is 9.06. The molecule has 2 aliphatic heterocycles. The van der Waals surface area contributed by atoms with E-state index in [-0.39, 0.29) is 17.6 Å². The molecule has 2 aliphatic rings. The highest BCUT2D eigenvalue weighted by Gasteiger charge is 2.59. The Balaban J connectivity index is 1.59. The van der Waals surface area contributed by atoms with Crippen LogP contribution in [-0.4, -0.2) is 36.1 Å². The van der Waals surface area contributed by atoms with E-state index in [2.05, 4.69) is 0 Å². The van der Waals surface area contributed by atoms with Gasteiger partial charge >= 0.3 is 0 Å². The van der Waals surface area contributed by atoms with Crippen LogP contribution in [0.5, 0.6) is 5.75 Å². The molecule has 0 bridgehead atoms. The summed E-state index contributed by atoms with van der Waals surface area (Å²) >= 11 is 7.79. The van der Waals surface area contributed by atoms with Crippen molar-refractivity contribution in [3.63, 3.8) is 0 Å². The number of carbonyl (C=O) groups excluding carboxylic acids is 2. The van der Waals surface area contributed by atoms with Gasteiger partial charge in [-0.05, 0) is 48.0 Å². The van der Waals surface area contributed by atoms with Crippen LogP contribution in [0.3, 0.4) is 0 Å². The van der Waals surface area contributed by atoms with Crippen LogP contribution in [-0.2, 0) is 16.2 Å². The van der Waals surface area contributed by atoms with Crippen molar-refractivity contribution in [3.05, 3.63) is 82.8 Å². The molecule has 8 heteroatoms. The van der Waals surface area contributed by atoms with E-state index in [1.807, 2.05) is 30.3 Å². The second kappa shape index (κ2) is 7.66. The molecule has 0 saturated carbocycles. The maximum atomic E-state index is 13.9. The third kappa shape index (κ3) is 3.11. The van der Waals surface area contributed by atoms with Crippen molar-refractivity contribution in [1.82, 2.24) is 4.90 Å². The fraction of sp³-hybridized carbons (Fsp3) is 0.217. The topological polar surface area (TPSA) is 63.0 Å². The summed E-state index contributed by atoms with van der Waals surface area (Å²) in [6.07, 6.45) is 1.46. The number of amides is 2. The lowest BCUT2D eigenvalue weighted by atomic mass is 10.1. The first-order valence-corrected chi connectivity index (χ1v) is 11.2. The van der Waals surface area contributed by atoms with Crippen LogP contribution >= 0.6 is 23.4 Å². The Bertz CT molecular complexity index is 1170. The van der Waals surface area contributed by atoms with Crippen LogP contribution in [0, 0.1) is 0 Å². The van der Waals surface area contributed by atoms with E-state index in [1.54, 1.807) is 41.2 Å². The molecule has 2 aromatic carbocycles. The van der Waals surface area contributed by atoms with Crippen molar-refractivity contribution in [1.29, 1.82) is 0 Å². The van der Waals surface area contributed by atoms with Gasteiger partial charge in [0.2, 0.25) is 0 Å². The van der Waals surface area contributed by atoms with E-state index in [1.165, 1.54) is 18.0 Å². The first-order valence-electron chi connectivity index (χ1n) is 9.79. The number of thioether (sulfide) groups is 1. The molecule has 0 N–H and O–H groups in total. The Morgan fingerprint density at radius 1 is 1.23 bits per heavy atom. The highest BCUT2D eigenvalue weighted by molar-refractivity contribution is 8.01. The summed E-state index contributed by atoms with van der Waals surface area (Å²) in [5.74, 6) is 1.11. The van der Waals surface area contributed by atoms with Crippen molar-refractivity contribution in [2.75, 3.05) is 24.3 Å². The molecular formula is C23H19ClN2O4S. The Hall–Kier alpha value is -2.90. The molecule has 3 heterocycles. The zero-order valence-corrected chi connectivity index (χ0v) is 18.3. The summed E-state index contributed by atoms with van der Waals surface area (Å²) in [7, 11) is 1.61. The van der Waals surface area contributed by atoms with E-state index >= 15 is 0 Å². The summed E-state index contributed by atoms with van der Waals surface area (Å²) in [6.45, 7) is 0.796. The van der Waals surface area contributed by atoms with Gasteiger partial charge in [0, 0.05) is 22.9 Å². The highest BCUT2D eigenvalue weighted by Crippen LogP contribution is 2.55. The minimum Gasteiger partial charge on any atom is -0.497 e. The molecule has 3 aromatic rings. The molecule has 1 aromatic heterocycles. The third-order valence-corrected chi connectivity index (χ3v) is 7.26. The van der Waals surface area contributed by atoms with E-state index in [0.717, 1.165) is 22.6 Å². The van der Waals surface area contributed by atoms with Crippen LogP contribution in [0.4, 0.5) is 5.69 Å². The van der Waals surface area contributed by atoms with Crippen LogP contribution in [0.15, 0.2) is 65.3 Å². The first kappa shape index (κ1) is 20.0. The SMILES string of the molecule is COc1cccc(CN2C(=O)C3(SCCN3C(=O)c3ccco3)c3cc(Cl)ccc32)c1. The van der Waals surface area contributed by atoms with Gasteiger partial charge in [0.25, 0.3) is 11.8 Å². The van der Waals surface area contributed by atoms with E-state index in [0.29, 0.717) is 23.9 Å². The Morgan fingerprint density at radius 3 is 2.87 bits per heavy atom. The molecule has 0 radical (unpaired) electrons. The first-order chi connectivity index (χ1) is 15.0. The molecular weight excluding hydrogens is 436 g/mol. The van der Waals surface area contributed by atoms with Gasteiger partial charge in [-0.3, -0.25) is 9.59 Å². The average molecular weight is 455 g/mol. The standard InChI is InChI=1S/C23H19ClN2O4S/c1-29-17-5-2-4-15(12-17)14-25-19-8-7-16(24)13-18(19)23(22(25)28)26(9-11-31-23)21(27)20-6-3-10-30-20/h2-8,10,12-13H,9,11,14H2,1H3. The number of ether oxygens (including phenoxy) is 1. The Kier molecular flexibility index (Phi) is 4.95. The molecule has 5 rings (SSSR count). The summed E-state index contributed by atoms with van der Waals surface area (Å²) in [5.41, 5.74) is 2.41. The van der Waals surface area contributed by atoms with Crippen molar-refractivity contribution >= 4 is 40.9 Å². The zero-order chi connectivity index (χ0) is 21.6. The number of benzene rings is 2. The Morgan fingerprint density at radius 2 is 2.10 bits per heavy atom. The molecule has 0 aliphatic carbocycles. The Labute approximate surface area is 188 Å². The molecule has 1 atom stereocenters. The number of halogens is 1. The zero-order valence-electron chi connectivity index (χ0n) is 16.7. The number of hydrogen-bond donors (Lipinski definition) is 0. The summed E-state index contributed by atoms with van der Waals surface area (Å²) in [6, 6.07) is 16.3. The number of furan rings is 1. The van der Waals surface area contributed by atoms with Gasteiger partial charge in [-0.25, -0.2) is 0 Å². The number of rotatable bonds is 4. The largest absolute Gasteiger partial charge is 0.497 e. The van der Waals surface area contributed by atoms with Crippen molar-refractivity contribution in [2.24, 2.45) is 0 Å². The molecule has 6 nitrogen and oxygen atoms in total. The minimum absolute atomic E-state index is 0.157. The smallest absolute Gasteiger partial charge is 0.291 e. The molecule has 31 heavy (non-hydrogen) atoms. The quantitative estimate of drug-likeness (QED) is 0.579. The van der Waals surface area contributed by atoms with E-state index in [9.17, 15) is 9.59 Å². The van der Waals surface area contributed by atoms with Gasteiger partial charge in [-0.15, -0.1) is 11.8 Å². The lowest BCUT2D eigenvalue weighted by molar-refractivity contribution is -0.123. The fourth-order valence-corrected chi connectivity index (χ4v) is 5.86. The molecule has 1 unspecified atom stereocenters. The summed E-state index contributed by atoms with van der Waals surface area (Å²) in [4.78, 5) is 29.4. The molecule has 158 valence electrons. The van der Waals surface area contributed by atoms with Gasteiger partial charge in [-0.1, -0.05) is 23.7 Å². The lowest BCUT2D eigenvalue weighted by Crippen LogP contribution is -2.50. The maximum Gasteiger partial charge on any atom is 0.291 e. The van der Waals surface area contributed by atoms with Crippen molar-refractivity contribution in [3.8, 4) is 5.75 Å². The maximum absolute atomic E-state index is 13.9. The summed E-state index contributed by atoms with van der Waals surface area (Å²) < 4.78 is 10.7. The van der Waals surface area contributed by atoms with Crippen LogP contribution in [0.1, 0.15) is 21.7 Å². The average Bonchev–Trinajstić information content (AvgIpc) is 3.51. The van der Waals surface area contributed by atoms with Crippen molar-refractivity contribution in [2.45, 2.75) is 11.4 Å². The predicted molar refractivity (Wildman–Crippen MR) is 120 cm³/mol. The van der Waals surface area contributed by atoms with Gasteiger partial charge in [0.15, 0.2) is 10.6 Å². The highest BCUT2D eigenvalue weighted by atomic mass is 35.5. The van der Waals surface area contributed by atoms with Gasteiger partial charge in [-0.2, -0.15) is 0 Å². The summed E-state index contributed by atoms with van der Waals surface area (Å²) in [5, 5.41) is 0.520. The van der Waals surface area contributed by atoms with E-state index < -0.39 is 4.87 Å². The number of anilines is 1. The molecule has 1 fully saturated rings. The van der Waals surface area contributed by atoms with Gasteiger partial charge < -0.3 is 19.0 Å². The van der Waals surface area contributed by atoms with Crippen LogP contribution < -0.4 is 9.64 Å². The van der Waals surface area contributed by atoms with E-state index in [4.69, 9.17) is 20.8 Å². The monoisotopic (exact) mass is 454 g/mol. The second-order valence-electron chi connectivity index (χ2n) is 7.33. The minimum atomic E-state index is -1.16. The third-order valence-electron chi connectivity index (χ3n) is 5.61. The van der Waals surface area contributed by atoms with Crippen molar-refractivity contribution < 1.29 is 18.7 Å². The lowest BCUT2D eigenvalue weighted by Gasteiger charge is -2.32.